The topological polar surface area (TPSA) is 53.1 Å². The predicted molar refractivity (Wildman–Crippen MR) is 58.4 cm³/mol. The Hall–Kier alpha value is -1.87. The minimum absolute atomic E-state index is 0.0153. The van der Waals surface area contributed by atoms with Gasteiger partial charge in [0, 0.05) is 11.8 Å². The predicted octanol–water partition coefficient (Wildman–Crippen LogP) is 1.53. The minimum Gasteiger partial charge on any atom is -0.392 e. The van der Waals surface area contributed by atoms with Crippen LogP contribution < -0.4 is 5.56 Å². The van der Waals surface area contributed by atoms with Crippen LogP contribution in [-0.4, -0.2) is 10.1 Å². The van der Waals surface area contributed by atoms with Gasteiger partial charge in [0.2, 0.25) is 0 Å². The summed E-state index contributed by atoms with van der Waals surface area (Å²) in [7, 11) is 0. The number of nitrogens with one attached hydrogen (secondary N) is 1. The molecule has 0 saturated heterocycles. The smallest absolute Gasteiger partial charge is 0.255 e. The van der Waals surface area contributed by atoms with E-state index in [0.717, 1.165) is 11.1 Å². The van der Waals surface area contributed by atoms with E-state index in [9.17, 15) is 4.79 Å². The first-order valence-corrected chi connectivity index (χ1v) is 4.69. The van der Waals surface area contributed by atoms with Gasteiger partial charge in [-0.15, -0.1) is 0 Å². The molecule has 0 unspecified atom stereocenters. The van der Waals surface area contributed by atoms with Crippen molar-refractivity contribution in [2.45, 2.75) is 6.61 Å². The van der Waals surface area contributed by atoms with Gasteiger partial charge in [-0.25, -0.2) is 0 Å². The monoisotopic (exact) mass is 201 g/mol. The van der Waals surface area contributed by atoms with E-state index in [2.05, 4.69) is 4.98 Å². The highest BCUT2D eigenvalue weighted by molar-refractivity contribution is 5.62. The molecule has 76 valence electrons. The molecule has 2 aromatic rings. The molecular weight excluding hydrogens is 190 g/mol. The lowest BCUT2D eigenvalue weighted by Gasteiger charge is -2.02. The lowest BCUT2D eigenvalue weighted by atomic mass is 10.1. The van der Waals surface area contributed by atoms with E-state index in [0.29, 0.717) is 5.56 Å². The molecular formula is C12H11NO2. The molecule has 3 heteroatoms. The molecule has 3 nitrogen and oxygen atoms in total. The highest BCUT2D eigenvalue weighted by atomic mass is 16.3. The van der Waals surface area contributed by atoms with Gasteiger partial charge in [-0.3, -0.25) is 4.79 Å². The Morgan fingerprint density at radius 3 is 2.80 bits per heavy atom. The zero-order valence-corrected chi connectivity index (χ0v) is 8.10. The first-order chi connectivity index (χ1) is 7.31. The highest BCUT2D eigenvalue weighted by Crippen LogP contribution is 2.16. The summed E-state index contributed by atoms with van der Waals surface area (Å²) in [5.74, 6) is 0. The second kappa shape index (κ2) is 4.11. The summed E-state index contributed by atoms with van der Waals surface area (Å²) in [4.78, 5) is 14.1. The number of aromatic amines is 1. The van der Waals surface area contributed by atoms with Crippen LogP contribution in [0.15, 0.2) is 47.4 Å². The lowest BCUT2D eigenvalue weighted by molar-refractivity contribution is 0.282. The molecule has 1 heterocycles. The van der Waals surface area contributed by atoms with Crippen LogP contribution in [0, 0.1) is 0 Å². The molecule has 1 aromatic carbocycles. The fraction of sp³-hybridized carbons (Fsp3) is 0.0833. The molecule has 0 aliphatic rings. The molecule has 0 saturated carbocycles. The maximum absolute atomic E-state index is 11.5. The molecule has 0 amide bonds. The van der Waals surface area contributed by atoms with Gasteiger partial charge in [0.25, 0.3) is 5.56 Å². The third-order valence-electron chi connectivity index (χ3n) is 2.24. The van der Waals surface area contributed by atoms with E-state index < -0.39 is 0 Å². The minimum atomic E-state index is -0.118. The highest BCUT2D eigenvalue weighted by Gasteiger charge is 2.02. The van der Waals surface area contributed by atoms with Crippen LogP contribution in [0.2, 0.25) is 0 Å². The maximum atomic E-state index is 11.5. The van der Waals surface area contributed by atoms with Gasteiger partial charge < -0.3 is 10.1 Å². The number of aliphatic hydroxyl groups excluding tert-OH is 1. The van der Waals surface area contributed by atoms with Crippen molar-refractivity contribution < 1.29 is 5.11 Å². The van der Waals surface area contributed by atoms with Crippen molar-refractivity contribution >= 4 is 0 Å². The average Bonchev–Trinajstić information content (AvgIpc) is 2.30. The van der Waals surface area contributed by atoms with Crippen LogP contribution in [0.1, 0.15) is 5.56 Å². The van der Waals surface area contributed by atoms with Crippen LogP contribution >= 0.6 is 0 Å². The Morgan fingerprint density at radius 2 is 2.07 bits per heavy atom. The summed E-state index contributed by atoms with van der Waals surface area (Å²) in [5.41, 5.74) is 2.12. The number of aliphatic hydroxyl groups is 1. The number of hydrogen-bond donors (Lipinski definition) is 2. The summed E-state index contributed by atoms with van der Waals surface area (Å²) in [6.45, 7) is -0.0153. The Morgan fingerprint density at radius 1 is 1.20 bits per heavy atom. The lowest BCUT2D eigenvalue weighted by Crippen LogP contribution is -2.06. The van der Waals surface area contributed by atoms with E-state index in [1.807, 2.05) is 24.3 Å². The molecule has 0 atom stereocenters. The number of aromatic nitrogens is 1. The van der Waals surface area contributed by atoms with Crippen molar-refractivity contribution in [2.75, 3.05) is 0 Å². The number of H-pyrrole nitrogens is 1. The molecule has 0 radical (unpaired) electrons. The van der Waals surface area contributed by atoms with Gasteiger partial charge in [0.1, 0.15) is 0 Å². The number of rotatable bonds is 2. The zero-order valence-electron chi connectivity index (χ0n) is 8.10. The van der Waals surface area contributed by atoms with Gasteiger partial charge in [0.15, 0.2) is 0 Å². The first-order valence-electron chi connectivity index (χ1n) is 4.69. The molecule has 0 bridgehead atoms. The van der Waals surface area contributed by atoms with Crippen LogP contribution in [-0.2, 0) is 6.61 Å². The second-order valence-corrected chi connectivity index (χ2v) is 3.27. The van der Waals surface area contributed by atoms with Crippen LogP contribution in [0.3, 0.4) is 0 Å². The van der Waals surface area contributed by atoms with E-state index in [1.165, 1.54) is 0 Å². The Kier molecular flexibility index (Phi) is 2.65. The third-order valence-corrected chi connectivity index (χ3v) is 2.24. The average molecular weight is 201 g/mol. The molecule has 2 rings (SSSR count). The van der Waals surface area contributed by atoms with Crippen molar-refractivity contribution in [3.63, 3.8) is 0 Å². The van der Waals surface area contributed by atoms with Crippen molar-refractivity contribution in [2.24, 2.45) is 0 Å². The maximum Gasteiger partial charge on any atom is 0.255 e. The van der Waals surface area contributed by atoms with Crippen molar-refractivity contribution in [3.8, 4) is 11.1 Å². The van der Waals surface area contributed by atoms with Crippen LogP contribution in [0.5, 0.6) is 0 Å². The van der Waals surface area contributed by atoms with Crippen molar-refractivity contribution in [1.82, 2.24) is 4.98 Å². The SMILES string of the molecule is O=c1[nH]cccc1-c1cccc(CO)c1. The van der Waals surface area contributed by atoms with Crippen molar-refractivity contribution in [3.05, 3.63) is 58.5 Å². The molecule has 0 fully saturated rings. The summed E-state index contributed by atoms with van der Waals surface area (Å²) >= 11 is 0. The first kappa shape index (κ1) is 9.68. The summed E-state index contributed by atoms with van der Waals surface area (Å²) in [6, 6.07) is 10.8. The largest absolute Gasteiger partial charge is 0.392 e. The molecule has 0 aliphatic heterocycles. The van der Waals surface area contributed by atoms with Gasteiger partial charge in [-0.2, -0.15) is 0 Å². The number of pyridine rings is 1. The zero-order chi connectivity index (χ0) is 10.7. The second-order valence-electron chi connectivity index (χ2n) is 3.27. The van der Waals surface area contributed by atoms with Crippen LogP contribution in [0.4, 0.5) is 0 Å². The molecule has 2 N–H and O–H groups in total. The van der Waals surface area contributed by atoms with E-state index in [-0.39, 0.29) is 12.2 Å². The van der Waals surface area contributed by atoms with E-state index in [1.54, 1.807) is 18.3 Å². The third kappa shape index (κ3) is 1.97. The Bertz CT molecular complexity index is 517. The molecule has 0 aliphatic carbocycles. The quantitative estimate of drug-likeness (QED) is 0.774. The van der Waals surface area contributed by atoms with Gasteiger partial charge in [0.05, 0.1) is 6.61 Å². The fourth-order valence-electron chi connectivity index (χ4n) is 1.49. The van der Waals surface area contributed by atoms with E-state index in [4.69, 9.17) is 5.11 Å². The van der Waals surface area contributed by atoms with Crippen molar-refractivity contribution in [1.29, 1.82) is 0 Å². The summed E-state index contributed by atoms with van der Waals surface area (Å²) < 4.78 is 0. The molecule has 1 aromatic heterocycles. The standard InChI is InChI=1S/C12H11NO2/c14-8-9-3-1-4-10(7-9)11-5-2-6-13-12(11)15/h1-7,14H,8H2,(H,13,15). The molecule has 0 spiro atoms. The van der Waals surface area contributed by atoms with Crippen LogP contribution in [0.25, 0.3) is 11.1 Å². The summed E-state index contributed by atoms with van der Waals surface area (Å²) in [6.07, 6.45) is 1.60. The number of hydrogen-bond acceptors (Lipinski definition) is 2. The van der Waals surface area contributed by atoms with Gasteiger partial charge in [-0.1, -0.05) is 18.2 Å². The molecule has 15 heavy (non-hydrogen) atoms. The Balaban J connectivity index is 2.54. The summed E-state index contributed by atoms with van der Waals surface area (Å²) in [5, 5.41) is 8.99. The van der Waals surface area contributed by atoms with Gasteiger partial charge in [-0.05, 0) is 29.3 Å². The Labute approximate surface area is 87.0 Å². The number of benzene rings is 1. The fourth-order valence-corrected chi connectivity index (χ4v) is 1.49. The normalized spacial score (nSPS) is 10.2. The van der Waals surface area contributed by atoms with Gasteiger partial charge >= 0.3 is 0 Å². The van der Waals surface area contributed by atoms with E-state index >= 15 is 0 Å².